The van der Waals surface area contributed by atoms with Crippen LogP contribution in [-0.4, -0.2) is 34.8 Å². The van der Waals surface area contributed by atoms with E-state index in [1.54, 1.807) is 24.3 Å². The standard InChI is InChI=1S/C21H32N2O4/c1-20(2,3)27-19(26)23-21(12-8-4-5-9-13-21)15-22-18(25)14-16-10-6-7-11-17(16)24/h6-7,10-11,24H,4-5,8-9,12-15H2,1-3H3,(H,22,25)(H,23,26). The van der Waals surface area contributed by atoms with Crippen molar-refractivity contribution in [2.75, 3.05) is 6.54 Å². The van der Waals surface area contributed by atoms with E-state index in [2.05, 4.69) is 10.6 Å². The number of carbonyl (C=O) groups excluding carboxylic acids is 2. The molecule has 0 heterocycles. The van der Waals surface area contributed by atoms with Gasteiger partial charge in [0.15, 0.2) is 0 Å². The van der Waals surface area contributed by atoms with E-state index >= 15 is 0 Å². The van der Waals surface area contributed by atoms with Crippen molar-refractivity contribution in [2.24, 2.45) is 0 Å². The zero-order valence-corrected chi connectivity index (χ0v) is 16.6. The average Bonchev–Trinajstić information content (AvgIpc) is 2.79. The van der Waals surface area contributed by atoms with E-state index in [0.717, 1.165) is 38.5 Å². The Morgan fingerprint density at radius 1 is 1.11 bits per heavy atom. The van der Waals surface area contributed by atoms with Gasteiger partial charge in [0.2, 0.25) is 5.91 Å². The highest BCUT2D eigenvalue weighted by Gasteiger charge is 2.34. The van der Waals surface area contributed by atoms with Crippen molar-refractivity contribution in [1.29, 1.82) is 0 Å². The van der Waals surface area contributed by atoms with Crippen molar-refractivity contribution in [2.45, 2.75) is 76.9 Å². The van der Waals surface area contributed by atoms with E-state index in [1.807, 2.05) is 20.8 Å². The summed E-state index contributed by atoms with van der Waals surface area (Å²) in [7, 11) is 0. The Bertz CT molecular complexity index is 644. The lowest BCUT2D eigenvalue weighted by Gasteiger charge is -2.35. The summed E-state index contributed by atoms with van der Waals surface area (Å²) in [4.78, 5) is 24.7. The first-order valence-corrected chi connectivity index (χ1v) is 9.74. The van der Waals surface area contributed by atoms with Gasteiger partial charge >= 0.3 is 6.09 Å². The quantitative estimate of drug-likeness (QED) is 0.684. The molecule has 0 saturated heterocycles. The van der Waals surface area contributed by atoms with Crippen LogP contribution in [0, 0.1) is 0 Å². The summed E-state index contributed by atoms with van der Waals surface area (Å²) < 4.78 is 5.43. The Kier molecular flexibility index (Phi) is 7.11. The molecule has 0 aliphatic heterocycles. The molecule has 0 aromatic heterocycles. The molecule has 150 valence electrons. The number of ether oxygens (including phenoxy) is 1. The molecule has 1 aromatic carbocycles. The van der Waals surface area contributed by atoms with Gasteiger partial charge < -0.3 is 20.5 Å². The van der Waals surface area contributed by atoms with Crippen LogP contribution < -0.4 is 10.6 Å². The maximum absolute atomic E-state index is 12.4. The van der Waals surface area contributed by atoms with Crippen molar-refractivity contribution in [3.63, 3.8) is 0 Å². The normalized spacial score (nSPS) is 16.9. The largest absolute Gasteiger partial charge is 0.508 e. The van der Waals surface area contributed by atoms with E-state index in [-0.39, 0.29) is 18.1 Å². The lowest BCUT2D eigenvalue weighted by molar-refractivity contribution is -0.120. The fraction of sp³-hybridized carbons (Fsp3) is 0.619. The molecular weight excluding hydrogens is 344 g/mol. The van der Waals surface area contributed by atoms with Crippen LogP contribution in [0.15, 0.2) is 24.3 Å². The van der Waals surface area contributed by atoms with Crippen LogP contribution in [0.2, 0.25) is 0 Å². The second kappa shape index (κ2) is 9.11. The van der Waals surface area contributed by atoms with Crippen molar-refractivity contribution in [1.82, 2.24) is 10.6 Å². The molecule has 1 aliphatic rings. The van der Waals surface area contributed by atoms with Gasteiger partial charge in [0.05, 0.1) is 12.0 Å². The van der Waals surface area contributed by atoms with Gasteiger partial charge in [-0.2, -0.15) is 0 Å². The van der Waals surface area contributed by atoms with Gasteiger partial charge in [0, 0.05) is 12.1 Å². The Morgan fingerprint density at radius 2 is 1.74 bits per heavy atom. The monoisotopic (exact) mass is 376 g/mol. The zero-order valence-electron chi connectivity index (χ0n) is 16.6. The third kappa shape index (κ3) is 7.12. The third-order valence-corrected chi connectivity index (χ3v) is 4.79. The summed E-state index contributed by atoms with van der Waals surface area (Å²) in [5.74, 6) is -0.0604. The molecule has 6 nitrogen and oxygen atoms in total. The van der Waals surface area contributed by atoms with Crippen LogP contribution in [-0.2, 0) is 16.0 Å². The number of aromatic hydroxyl groups is 1. The van der Waals surface area contributed by atoms with Gasteiger partial charge in [-0.15, -0.1) is 0 Å². The molecule has 2 rings (SSSR count). The van der Waals surface area contributed by atoms with Crippen molar-refractivity contribution < 1.29 is 19.4 Å². The molecule has 0 bridgehead atoms. The molecular formula is C21H32N2O4. The van der Waals surface area contributed by atoms with Crippen LogP contribution in [0.25, 0.3) is 0 Å². The second-order valence-corrected chi connectivity index (χ2v) is 8.40. The highest BCUT2D eigenvalue weighted by atomic mass is 16.6. The van der Waals surface area contributed by atoms with Gasteiger partial charge in [-0.3, -0.25) is 4.79 Å². The van der Waals surface area contributed by atoms with Gasteiger partial charge in [-0.1, -0.05) is 43.9 Å². The summed E-state index contributed by atoms with van der Waals surface area (Å²) in [6.07, 6.45) is 5.55. The minimum Gasteiger partial charge on any atom is -0.508 e. The first kappa shape index (κ1) is 21.1. The summed E-state index contributed by atoms with van der Waals surface area (Å²) in [6.45, 7) is 5.86. The zero-order chi connectivity index (χ0) is 19.9. The number of benzene rings is 1. The molecule has 0 unspecified atom stereocenters. The first-order chi connectivity index (χ1) is 12.7. The number of phenolic OH excluding ortho intramolecular Hbond substituents is 1. The molecule has 3 N–H and O–H groups in total. The van der Waals surface area contributed by atoms with E-state index in [9.17, 15) is 14.7 Å². The fourth-order valence-corrected chi connectivity index (χ4v) is 3.43. The number of alkyl carbamates (subject to hydrolysis) is 1. The molecule has 1 fully saturated rings. The molecule has 27 heavy (non-hydrogen) atoms. The molecule has 2 amide bonds. The van der Waals surface area contributed by atoms with Gasteiger partial charge in [0.1, 0.15) is 11.4 Å². The SMILES string of the molecule is CC(C)(C)OC(=O)NC1(CNC(=O)Cc2ccccc2O)CCCCCC1. The molecule has 1 saturated carbocycles. The lowest BCUT2D eigenvalue weighted by Crippen LogP contribution is -2.56. The van der Waals surface area contributed by atoms with E-state index < -0.39 is 17.2 Å². The first-order valence-electron chi connectivity index (χ1n) is 9.74. The second-order valence-electron chi connectivity index (χ2n) is 8.40. The number of para-hydroxylation sites is 1. The van der Waals surface area contributed by atoms with Crippen LogP contribution >= 0.6 is 0 Å². The Balaban J connectivity index is 2.00. The lowest BCUT2D eigenvalue weighted by atomic mass is 9.90. The molecule has 0 radical (unpaired) electrons. The van der Waals surface area contributed by atoms with Gasteiger partial charge in [-0.05, 0) is 39.7 Å². The van der Waals surface area contributed by atoms with Crippen molar-refractivity contribution in [3.8, 4) is 5.75 Å². The van der Waals surface area contributed by atoms with Crippen LogP contribution in [0.1, 0.15) is 64.9 Å². The Labute approximate surface area is 161 Å². The van der Waals surface area contributed by atoms with Crippen molar-refractivity contribution >= 4 is 12.0 Å². The summed E-state index contributed by atoms with van der Waals surface area (Å²) in [5, 5.41) is 15.8. The summed E-state index contributed by atoms with van der Waals surface area (Å²) >= 11 is 0. The Hall–Kier alpha value is -2.24. The number of phenols is 1. The Morgan fingerprint density at radius 3 is 2.33 bits per heavy atom. The minimum atomic E-state index is -0.565. The number of hydrogen-bond donors (Lipinski definition) is 3. The number of rotatable bonds is 5. The maximum atomic E-state index is 12.4. The topological polar surface area (TPSA) is 87.7 Å². The smallest absolute Gasteiger partial charge is 0.408 e. The predicted octanol–water partition coefficient (Wildman–Crippen LogP) is 3.67. The van der Waals surface area contributed by atoms with E-state index in [4.69, 9.17) is 4.74 Å². The predicted molar refractivity (Wildman–Crippen MR) is 105 cm³/mol. The molecule has 0 atom stereocenters. The number of carbonyl (C=O) groups is 2. The highest BCUT2D eigenvalue weighted by molar-refractivity contribution is 5.79. The van der Waals surface area contributed by atoms with Crippen LogP contribution in [0.5, 0.6) is 5.75 Å². The molecule has 1 aromatic rings. The number of hydrogen-bond acceptors (Lipinski definition) is 4. The van der Waals surface area contributed by atoms with Gasteiger partial charge in [-0.25, -0.2) is 4.79 Å². The summed E-state index contributed by atoms with van der Waals surface area (Å²) in [6, 6.07) is 6.82. The molecule has 1 aliphatic carbocycles. The van der Waals surface area contributed by atoms with Gasteiger partial charge in [0.25, 0.3) is 0 Å². The third-order valence-electron chi connectivity index (χ3n) is 4.79. The minimum absolute atomic E-state index is 0.106. The summed E-state index contributed by atoms with van der Waals surface area (Å²) in [5.41, 5.74) is -0.470. The maximum Gasteiger partial charge on any atom is 0.408 e. The average molecular weight is 376 g/mol. The molecule has 6 heteroatoms. The molecule has 0 spiro atoms. The van der Waals surface area contributed by atoms with Crippen LogP contribution in [0.4, 0.5) is 4.79 Å². The van der Waals surface area contributed by atoms with Crippen LogP contribution in [0.3, 0.4) is 0 Å². The van der Waals surface area contributed by atoms with E-state index in [1.165, 1.54) is 0 Å². The number of amides is 2. The highest BCUT2D eigenvalue weighted by Crippen LogP contribution is 2.27. The van der Waals surface area contributed by atoms with Crippen molar-refractivity contribution in [3.05, 3.63) is 29.8 Å². The fourth-order valence-electron chi connectivity index (χ4n) is 3.43. The number of nitrogens with one attached hydrogen (secondary N) is 2. The van der Waals surface area contributed by atoms with E-state index in [0.29, 0.717) is 12.1 Å².